The second-order valence-electron chi connectivity index (χ2n) is 3.98. The lowest BCUT2D eigenvalue weighted by Crippen LogP contribution is -2.42. The number of hydrogen-bond acceptors (Lipinski definition) is 4. The van der Waals surface area contributed by atoms with Crippen LogP contribution in [-0.4, -0.2) is 41.3 Å². The van der Waals surface area contributed by atoms with Gasteiger partial charge in [-0.2, -0.15) is 0 Å². The molecule has 0 amide bonds. The van der Waals surface area contributed by atoms with Crippen LogP contribution in [0.1, 0.15) is 39.0 Å². The Labute approximate surface area is 100 Å². The van der Waals surface area contributed by atoms with E-state index in [-0.39, 0.29) is 6.10 Å². The smallest absolute Gasteiger partial charge is 0.393 e. The van der Waals surface area contributed by atoms with E-state index < -0.39 is 8.80 Å². The fraction of sp³-hybridized carbons (Fsp3) is 1.00. The minimum Gasteiger partial charge on any atom is -0.393 e. The van der Waals surface area contributed by atoms with Crippen molar-refractivity contribution in [2.75, 3.05) is 21.3 Å². The lowest BCUT2D eigenvalue weighted by molar-refractivity contribution is 0.120. The van der Waals surface area contributed by atoms with Gasteiger partial charge in [-0.25, -0.2) is 0 Å². The molecule has 5 heteroatoms. The first-order valence-corrected chi connectivity index (χ1v) is 7.90. The Balaban J connectivity index is 3.70. The van der Waals surface area contributed by atoms with Crippen molar-refractivity contribution in [3.8, 4) is 0 Å². The molecule has 1 unspecified atom stereocenters. The van der Waals surface area contributed by atoms with Crippen LogP contribution >= 0.6 is 0 Å². The maximum Gasteiger partial charge on any atom is 0.500 e. The highest BCUT2D eigenvalue weighted by molar-refractivity contribution is 6.60. The Morgan fingerprint density at radius 1 is 1.00 bits per heavy atom. The third-order valence-corrected chi connectivity index (χ3v) is 5.66. The van der Waals surface area contributed by atoms with Crippen LogP contribution in [0.15, 0.2) is 0 Å². The summed E-state index contributed by atoms with van der Waals surface area (Å²) in [6, 6.07) is 0.815. The van der Waals surface area contributed by atoms with Crippen molar-refractivity contribution in [2.45, 2.75) is 51.2 Å². The number of rotatable bonds is 10. The van der Waals surface area contributed by atoms with Crippen LogP contribution in [0.25, 0.3) is 0 Å². The first-order chi connectivity index (χ1) is 7.64. The van der Waals surface area contributed by atoms with Gasteiger partial charge in [-0.1, -0.05) is 19.8 Å². The molecule has 0 rings (SSSR count). The predicted molar refractivity (Wildman–Crippen MR) is 66.4 cm³/mol. The van der Waals surface area contributed by atoms with Gasteiger partial charge in [0.1, 0.15) is 0 Å². The summed E-state index contributed by atoms with van der Waals surface area (Å²) in [5.41, 5.74) is 0. The molecule has 1 atom stereocenters. The second kappa shape index (κ2) is 9.12. The molecule has 0 saturated heterocycles. The molecule has 0 heterocycles. The van der Waals surface area contributed by atoms with Crippen LogP contribution in [0, 0.1) is 0 Å². The normalized spacial score (nSPS) is 14.1. The van der Waals surface area contributed by atoms with Gasteiger partial charge in [0, 0.05) is 27.4 Å². The summed E-state index contributed by atoms with van der Waals surface area (Å²) in [4.78, 5) is 0. The van der Waals surface area contributed by atoms with Crippen LogP contribution in [0.3, 0.4) is 0 Å². The van der Waals surface area contributed by atoms with Crippen molar-refractivity contribution >= 4 is 8.80 Å². The van der Waals surface area contributed by atoms with E-state index in [4.69, 9.17) is 13.3 Å². The molecule has 4 nitrogen and oxygen atoms in total. The Morgan fingerprint density at radius 2 is 1.56 bits per heavy atom. The summed E-state index contributed by atoms with van der Waals surface area (Å²) in [6.07, 6.45) is 4.59. The minimum atomic E-state index is -2.39. The molecule has 0 radical (unpaired) electrons. The highest BCUT2D eigenvalue weighted by Gasteiger charge is 2.36. The summed E-state index contributed by atoms with van der Waals surface area (Å²) < 4.78 is 16.0. The van der Waals surface area contributed by atoms with Gasteiger partial charge in [0.25, 0.3) is 0 Å². The number of aliphatic hydroxyl groups excluding tert-OH is 1. The highest BCUT2D eigenvalue weighted by Crippen LogP contribution is 2.18. The van der Waals surface area contributed by atoms with Gasteiger partial charge < -0.3 is 18.4 Å². The first-order valence-electron chi connectivity index (χ1n) is 5.97. The molecule has 0 aliphatic heterocycles. The fourth-order valence-electron chi connectivity index (χ4n) is 1.76. The summed E-state index contributed by atoms with van der Waals surface area (Å²) >= 11 is 0. The molecule has 1 N–H and O–H groups in total. The van der Waals surface area contributed by atoms with Gasteiger partial charge in [0.2, 0.25) is 0 Å². The molecule has 0 spiro atoms. The van der Waals surface area contributed by atoms with Crippen LogP contribution in [0.2, 0.25) is 6.04 Å². The summed E-state index contributed by atoms with van der Waals surface area (Å²) in [5.74, 6) is 0. The summed E-state index contributed by atoms with van der Waals surface area (Å²) in [7, 11) is 2.50. The molecule has 16 heavy (non-hydrogen) atoms. The van der Waals surface area contributed by atoms with E-state index in [1.165, 1.54) is 0 Å². The third-order valence-electron chi connectivity index (χ3n) is 2.83. The fourth-order valence-corrected chi connectivity index (χ4v) is 3.55. The molecule has 0 saturated carbocycles. The molecule has 0 aliphatic carbocycles. The average Bonchev–Trinajstić information content (AvgIpc) is 2.31. The van der Waals surface area contributed by atoms with E-state index in [0.717, 1.165) is 38.1 Å². The van der Waals surface area contributed by atoms with Gasteiger partial charge in [-0.15, -0.1) is 0 Å². The van der Waals surface area contributed by atoms with E-state index in [9.17, 15) is 5.11 Å². The largest absolute Gasteiger partial charge is 0.500 e. The zero-order chi connectivity index (χ0) is 12.4. The second-order valence-corrected chi connectivity index (χ2v) is 7.07. The van der Waals surface area contributed by atoms with Crippen molar-refractivity contribution in [3.05, 3.63) is 0 Å². The van der Waals surface area contributed by atoms with Crippen molar-refractivity contribution in [2.24, 2.45) is 0 Å². The van der Waals surface area contributed by atoms with E-state index >= 15 is 0 Å². The Bertz CT molecular complexity index is 154. The maximum absolute atomic E-state index is 9.57. The van der Waals surface area contributed by atoms with Crippen molar-refractivity contribution in [1.29, 1.82) is 0 Å². The molecule has 0 bridgehead atoms. The number of hydrogen-bond donors (Lipinski definition) is 1. The van der Waals surface area contributed by atoms with Crippen LogP contribution in [0.5, 0.6) is 0 Å². The third kappa shape index (κ3) is 5.96. The van der Waals surface area contributed by atoms with Gasteiger partial charge in [-0.3, -0.25) is 0 Å². The van der Waals surface area contributed by atoms with Gasteiger partial charge in [-0.05, 0) is 19.3 Å². The van der Waals surface area contributed by atoms with Gasteiger partial charge in [0.15, 0.2) is 0 Å². The van der Waals surface area contributed by atoms with Gasteiger partial charge >= 0.3 is 8.80 Å². The lowest BCUT2D eigenvalue weighted by atomic mass is 10.1. The van der Waals surface area contributed by atoms with E-state index in [1.54, 1.807) is 21.3 Å². The maximum atomic E-state index is 9.57. The van der Waals surface area contributed by atoms with Crippen molar-refractivity contribution < 1.29 is 18.4 Å². The zero-order valence-electron chi connectivity index (χ0n) is 11.0. The summed E-state index contributed by atoms with van der Waals surface area (Å²) in [6.45, 7) is 2.09. The van der Waals surface area contributed by atoms with Gasteiger partial charge in [0.05, 0.1) is 6.10 Å². The van der Waals surface area contributed by atoms with Crippen LogP contribution in [-0.2, 0) is 13.3 Å². The zero-order valence-corrected chi connectivity index (χ0v) is 12.0. The van der Waals surface area contributed by atoms with Crippen LogP contribution < -0.4 is 0 Å². The van der Waals surface area contributed by atoms with E-state index in [2.05, 4.69) is 6.92 Å². The average molecular weight is 250 g/mol. The molecule has 98 valence electrons. The van der Waals surface area contributed by atoms with E-state index in [0.29, 0.717) is 0 Å². The SMILES string of the molecule is CCCC(O)CCCC[Si](OC)(OC)OC. The molecular weight excluding hydrogens is 224 g/mol. The lowest BCUT2D eigenvalue weighted by Gasteiger charge is -2.24. The number of aliphatic hydroxyl groups is 1. The molecular formula is C11H26O4Si. The highest BCUT2D eigenvalue weighted by atomic mass is 28.4. The Kier molecular flexibility index (Phi) is 9.16. The quantitative estimate of drug-likeness (QED) is 0.477. The predicted octanol–water partition coefficient (Wildman–Crippen LogP) is 2.20. The molecule has 0 fully saturated rings. The first kappa shape index (κ1) is 16.1. The summed E-state index contributed by atoms with van der Waals surface area (Å²) in [5, 5.41) is 9.57. The van der Waals surface area contributed by atoms with Crippen molar-refractivity contribution in [1.82, 2.24) is 0 Å². The van der Waals surface area contributed by atoms with E-state index in [1.807, 2.05) is 0 Å². The number of unbranched alkanes of at least 4 members (excludes halogenated alkanes) is 1. The molecule has 0 aromatic carbocycles. The standard InChI is InChI=1S/C11H26O4Si/c1-5-8-11(12)9-6-7-10-16(13-2,14-3)15-4/h11-12H,5-10H2,1-4H3. The Morgan fingerprint density at radius 3 is 2.00 bits per heavy atom. The molecule has 0 aromatic heterocycles. The Hall–Kier alpha value is 0.0569. The molecule has 0 aromatic rings. The monoisotopic (exact) mass is 250 g/mol. The van der Waals surface area contributed by atoms with Crippen LogP contribution in [0.4, 0.5) is 0 Å². The van der Waals surface area contributed by atoms with Crippen molar-refractivity contribution in [3.63, 3.8) is 0 Å². The topological polar surface area (TPSA) is 47.9 Å². The molecule has 0 aliphatic rings. The minimum absolute atomic E-state index is 0.159.